The lowest BCUT2D eigenvalue weighted by Crippen LogP contribution is -2.48. The van der Waals surface area contributed by atoms with Gasteiger partial charge in [-0.2, -0.15) is 0 Å². The molecular weight excluding hydrogens is 436 g/mol. The second kappa shape index (κ2) is 9.00. The maximum atomic E-state index is 12.9. The first kappa shape index (κ1) is 21.2. The van der Waals surface area contributed by atoms with E-state index in [4.69, 9.17) is 28.6 Å². The third kappa shape index (κ3) is 4.51. The number of ether oxygens (including phenoxy) is 1. The van der Waals surface area contributed by atoms with E-state index >= 15 is 0 Å². The molecule has 0 aliphatic carbocycles. The zero-order valence-electron chi connectivity index (χ0n) is 16.9. The molecule has 4 nitrogen and oxygen atoms in total. The average Bonchev–Trinajstić information content (AvgIpc) is 3.09. The number of hydrogen-bond donors (Lipinski definition) is 1. The Morgan fingerprint density at radius 3 is 2.73 bits per heavy atom. The summed E-state index contributed by atoms with van der Waals surface area (Å²) in [5.41, 5.74) is 4.51. The van der Waals surface area contributed by atoms with Gasteiger partial charge in [-0.15, -0.1) is 0 Å². The number of nitrogens with zero attached hydrogens (tertiary/aromatic N) is 1. The van der Waals surface area contributed by atoms with Gasteiger partial charge in [-0.3, -0.25) is 0 Å². The molecule has 0 unspecified atom stereocenters. The highest BCUT2D eigenvalue weighted by molar-refractivity contribution is 8.22. The van der Waals surface area contributed by atoms with Crippen LogP contribution in [0.3, 0.4) is 0 Å². The number of nitrogens with one attached hydrogen (secondary N) is 1. The number of esters is 1. The minimum absolute atomic E-state index is 0.168. The Morgan fingerprint density at radius 2 is 2.00 bits per heavy atom. The summed E-state index contributed by atoms with van der Waals surface area (Å²) >= 11 is 13.3. The van der Waals surface area contributed by atoms with Crippen LogP contribution in [0, 0.1) is 0 Å². The van der Waals surface area contributed by atoms with Crippen molar-refractivity contribution in [2.24, 2.45) is 0 Å². The molecule has 0 spiro atoms. The second-order valence-electron chi connectivity index (χ2n) is 7.64. The number of carbonyl (C=O) groups is 1. The van der Waals surface area contributed by atoms with E-state index in [0.717, 1.165) is 27.9 Å². The summed E-state index contributed by atoms with van der Waals surface area (Å²) in [5, 5.41) is 1.87. The lowest BCUT2D eigenvalue weighted by atomic mass is 9.97. The van der Waals surface area contributed by atoms with Gasteiger partial charge in [0.2, 0.25) is 0 Å². The van der Waals surface area contributed by atoms with Crippen molar-refractivity contribution < 1.29 is 9.53 Å². The van der Waals surface area contributed by atoms with Crippen LogP contribution in [0.1, 0.15) is 30.7 Å². The predicted molar refractivity (Wildman–Crippen MR) is 128 cm³/mol. The Morgan fingerprint density at radius 1 is 1.27 bits per heavy atom. The van der Waals surface area contributed by atoms with Gasteiger partial charge in [0.05, 0.1) is 12.6 Å². The lowest BCUT2D eigenvalue weighted by Gasteiger charge is -2.36. The van der Waals surface area contributed by atoms with Crippen molar-refractivity contribution in [3.05, 3.63) is 70.4 Å². The molecule has 0 saturated carbocycles. The summed E-state index contributed by atoms with van der Waals surface area (Å²) in [7, 11) is 0. The first-order chi connectivity index (χ1) is 14.4. The van der Waals surface area contributed by atoms with E-state index < -0.39 is 6.04 Å². The standard InChI is InChI=1S/C23H23ClN2O2S2/c1-14(2)28-22(27)21-11-18-17-5-3-4-6-19(17)25-20(18)12-26(21)23(29)30-13-15-7-9-16(24)10-8-15/h3-10,14,21,25H,11-13H2,1-2H3/t21-/m0/s1. The van der Waals surface area contributed by atoms with Gasteiger partial charge >= 0.3 is 5.97 Å². The molecule has 156 valence electrons. The van der Waals surface area contributed by atoms with E-state index in [0.29, 0.717) is 22.3 Å². The summed E-state index contributed by atoms with van der Waals surface area (Å²) < 4.78 is 6.27. The van der Waals surface area contributed by atoms with Crippen molar-refractivity contribution in [2.75, 3.05) is 0 Å². The number of hydrogen-bond acceptors (Lipinski definition) is 4. The maximum Gasteiger partial charge on any atom is 0.329 e. The molecular formula is C23H23ClN2O2S2. The third-order valence-electron chi connectivity index (χ3n) is 5.14. The normalized spacial score (nSPS) is 16.0. The number of thiocarbonyl (C=S) groups is 1. The lowest BCUT2D eigenvalue weighted by molar-refractivity contribution is -0.152. The fraction of sp³-hybridized carbons (Fsp3) is 0.304. The topological polar surface area (TPSA) is 45.3 Å². The van der Waals surface area contributed by atoms with Gasteiger partial charge in [-0.05, 0) is 43.2 Å². The minimum Gasteiger partial charge on any atom is -0.461 e. The molecule has 2 aromatic carbocycles. The van der Waals surface area contributed by atoms with Crippen LogP contribution in [0.15, 0.2) is 48.5 Å². The molecule has 4 rings (SSSR count). The maximum absolute atomic E-state index is 12.9. The molecule has 0 bridgehead atoms. The number of thioether (sulfide) groups is 1. The molecule has 2 heterocycles. The Hall–Kier alpha value is -2.02. The summed E-state index contributed by atoms with van der Waals surface area (Å²) in [6, 6.07) is 15.5. The molecule has 0 radical (unpaired) electrons. The summed E-state index contributed by atoms with van der Waals surface area (Å²) in [5.74, 6) is 0.494. The smallest absolute Gasteiger partial charge is 0.329 e. The molecule has 0 saturated heterocycles. The van der Waals surface area contributed by atoms with Crippen molar-refractivity contribution in [3.8, 4) is 0 Å². The van der Waals surface area contributed by atoms with Crippen molar-refractivity contribution in [1.82, 2.24) is 9.88 Å². The summed E-state index contributed by atoms with van der Waals surface area (Å²) in [4.78, 5) is 18.4. The summed E-state index contributed by atoms with van der Waals surface area (Å²) in [6.07, 6.45) is 0.408. The van der Waals surface area contributed by atoms with Crippen LogP contribution >= 0.6 is 35.6 Å². The number of para-hydroxylation sites is 1. The molecule has 0 fully saturated rings. The van der Waals surface area contributed by atoms with Crippen molar-refractivity contribution in [2.45, 2.75) is 44.7 Å². The molecule has 1 aromatic heterocycles. The Labute approximate surface area is 190 Å². The third-order valence-corrected chi connectivity index (χ3v) is 6.94. The van der Waals surface area contributed by atoms with Crippen molar-refractivity contribution in [3.63, 3.8) is 0 Å². The van der Waals surface area contributed by atoms with Gasteiger partial charge in [0.15, 0.2) is 0 Å². The summed E-state index contributed by atoms with van der Waals surface area (Å²) in [6.45, 7) is 4.31. The number of carbonyl (C=O) groups excluding carboxylic acids is 1. The monoisotopic (exact) mass is 458 g/mol. The van der Waals surface area contributed by atoms with Gasteiger partial charge in [0, 0.05) is 33.8 Å². The van der Waals surface area contributed by atoms with E-state index in [-0.39, 0.29) is 12.1 Å². The number of H-pyrrole nitrogens is 1. The quantitative estimate of drug-likeness (QED) is 0.400. The fourth-order valence-electron chi connectivity index (χ4n) is 3.73. The fourth-order valence-corrected chi connectivity index (χ4v) is 5.06. The van der Waals surface area contributed by atoms with E-state index in [1.54, 1.807) is 11.8 Å². The van der Waals surface area contributed by atoms with Gasteiger partial charge in [0.1, 0.15) is 10.4 Å². The van der Waals surface area contributed by atoms with Gasteiger partial charge < -0.3 is 14.6 Å². The number of halogens is 1. The van der Waals surface area contributed by atoms with E-state index in [9.17, 15) is 4.79 Å². The van der Waals surface area contributed by atoms with Gasteiger partial charge in [0.25, 0.3) is 0 Å². The number of aromatic amines is 1. The molecule has 1 aliphatic rings. The molecule has 7 heteroatoms. The molecule has 1 aliphatic heterocycles. The van der Waals surface area contributed by atoms with Gasteiger partial charge in [-0.1, -0.05) is 65.9 Å². The average molecular weight is 459 g/mol. The zero-order chi connectivity index (χ0) is 21.3. The van der Waals surface area contributed by atoms with Crippen molar-refractivity contribution in [1.29, 1.82) is 0 Å². The van der Waals surface area contributed by atoms with Crippen LogP contribution in [0.5, 0.6) is 0 Å². The SMILES string of the molecule is CC(C)OC(=O)[C@@H]1Cc2c([nH]c3ccccc23)CN1C(=S)SCc1ccc(Cl)cc1. The predicted octanol–water partition coefficient (Wildman–Crippen LogP) is 5.72. The number of aromatic nitrogens is 1. The first-order valence-corrected chi connectivity index (χ1v) is 11.7. The largest absolute Gasteiger partial charge is 0.461 e. The van der Waals surface area contributed by atoms with Crippen LogP contribution in [-0.2, 0) is 28.2 Å². The minimum atomic E-state index is -0.427. The Balaban J connectivity index is 1.58. The molecule has 3 aromatic rings. The van der Waals surface area contributed by atoms with Crippen molar-refractivity contribution >= 4 is 56.8 Å². The molecule has 0 amide bonds. The highest BCUT2D eigenvalue weighted by atomic mass is 35.5. The van der Waals surface area contributed by atoms with Crippen LogP contribution in [0.25, 0.3) is 10.9 Å². The number of benzene rings is 2. The highest BCUT2D eigenvalue weighted by Crippen LogP contribution is 2.33. The first-order valence-electron chi connectivity index (χ1n) is 9.89. The van der Waals surface area contributed by atoms with Crippen LogP contribution in [-0.4, -0.2) is 32.3 Å². The molecule has 30 heavy (non-hydrogen) atoms. The zero-order valence-corrected chi connectivity index (χ0v) is 19.2. The second-order valence-corrected chi connectivity index (χ2v) is 9.69. The van der Waals surface area contributed by atoms with Gasteiger partial charge in [-0.25, -0.2) is 4.79 Å². The van der Waals surface area contributed by atoms with E-state index in [2.05, 4.69) is 17.1 Å². The van der Waals surface area contributed by atoms with Crippen LogP contribution in [0.4, 0.5) is 0 Å². The number of rotatable bonds is 4. The van der Waals surface area contributed by atoms with Crippen LogP contribution < -0.4 is 0 Å². The molecule has 1 N–H and O–H groups in total. The Bertz CT molecular complexity index is 1080. The van der Waals surface area contributed by atoms with E-state index in [1.165, 1.54) is 5.56 Å². The number of fused-ring (bicyclic) bond motifs is 3. The molecule has 1 atom stereocenters. The van der Waals surface area contributed by atoms with E-state index in [1.807, 2.05) is 55.1 Å². The highest BCUT2D eigenvalue weighted by Gasteiger charge is 2.36. The van der Waals surface area contributed by atoms with Crippen LogP contribution in [0.2, 0.25) is 5.02 Å². The Kier molecular flexibility index (Phi) is 6.37.